The van der Waals surface area contributed by atoms with Crippen molar-refractivity contribution in [3.63, 3.8) is 0 Å². The van der Waals surface area contributed by atoms with Gasteiger partial charge in [0.05, 0.1) is 18.1 Å². The minimum absolute atomic E-state index is 0.147. The molecule has 0 amide bonds. The lowest BCUT2D eigenvalue weighted by Crippen LogP contribution is -2.28. The first kappa shape index (κ1) is 16.9. The van der Waals surface area contributed by atoms with Gasteiger partial charge < -0.3 is 9.84 Å². The summed E-state index contributed by atoms with van der Waals surface area (Å²) >= 11 is 3.30. The Morgan fingerprint density at radius 2 is 2.14 bits per heavy atom. The fourth-order valence-electron chi connectivity index (χ4n) is 1.96. The van der Waals surface area contributed by atoms with Crippen LogP contribution in [0.3, 0.4) is 0 Å². The van der Waals surface area contributed by atoms with Gasteiger partial charge in [-0.05, 0) is 58.8 Å². The molecule has 1 aromatic rings. The maximum Gasteiger partial charge on any atom is 0.241 e. The number of sulfonamides is 1. The third-order valence-corrected chi connectivity index (χ3v) is 6.14. The molecule has 0 unspecified atom stereocenters. The topological polar surface area (TPSA) is 75.6 Å². The monoisotopic (exact) mass is 377 g/mol. The molecule has 0 radical (unpaired) electrons. The van der Waals surface area contributed by atoms with E-state index in [1.807, 2.05) is 0 Å². The number of aliphatic hydroxyl groups is 1. The lowest BCUT2D eigenvalue weighted by Gasteiger charge is -2.12. The number of halogens is 1. The number of ether oxygens (including phenoxy) is 1. The Hall–Kier alpha value is -0.470. The maximum atomic E-state index is 12.3. The minimum atomic E-state index is -3.62. The van der Waals surface area contributed by atoms with Gasteiger partial charge in [-0.1, -0.05) is 6.07 Å². The molecule has 0 aromatic heterocycles. The molecule has 21 heavy (non-hydrogen) atoms. The highest BCUT2D eigenvalue weighted by atomic mass is 79.9. The number of hydrogen-bond acceptors (Lipinski definition) is 4. The Morgan fingerprint density at radius 3 is 2.76 bits per heavy atom. The molecule has 1 saturated carbocycles. The van der Waals surface area contributed by atoms with Crippen molar-refractivity contribution in [2.75, 3.05) is 19.8 Å². The van der Waals surface area contributed by atoms with E-state index in [4.69, 9.17) is 4.74 Å². The molecule has 0 bridgehead atoms. The van der Waals surface area contributed by atoms with Crippen molar-refractivity contribution in [1.29, 1.82) is 0 Å². The van der Waals surface area contributed by atoms with E-state index >= 15 is 0 Å². The zero-order valence-electron chi connectivity index (χ0n) is 11.9. The zero-order chi connectivity index (χ0) is 15.5. The molecule has 1 aromatic carbocycles. The summed E-state index contributed by atoms with van der Waals surface area (Å²) in [5, 5.41) is 9.20. The number of hydrogen-bond donors (Lipinski definition) is 2. The molecular formula is C14H20BrNO4S. The molecule has 0 aliphatic heterocycles. The van der Waals surface area contributed by atoms with Crippen LogP contribution in [0.25, 0.3) is 0 Å². The van der Waals surface area contributed by atoms with Crippen molar-refractivity contribution in [3.8, 4) is 0 Å². The van der Waals surface area contributed by atoms with E-state index in [1.165, 1.54) is 18.9 Å². The molecule has 1 fully saturated rings. The molecular weight excluding hydrogens is 358 g/mol. The van der Waals surface area contributed by atoms with E-state index in [0.717, 1.165) is 5.56 Å². The third kappa shape index (κ3) is 4.75. The van der Waals surface area contributed by atoms with Crippen molar-refractivity contribution < 1.29 is 18.3 Å². The van der Waals surface area contributed by atoms with Crippen molar-refractivity contribution in [1.82, 2.24) is 4.72 Å². The van der Waals surface area contributed by atoms with Crippen molar-refractivity contribution >= 4 is 26.0 Å². The van der Waals surface area contributed by atoms with E-state index in [0.29, 0.717) is 29.2 Å². The second-order valence-corrected chi connectivity index (χ2v) is 7.83. The summed E-state index contributed by atoms with van der Waals surface area (Å²) in [7, 11) is -3.62. The maximum absolute atomic E-state index is 12.3. The van der Waals surface area contributed by atoms with Gasteiger partial charge >= 0.3 is 0 Å². The molecule has 1 aliphatic carbocycles. The molecule has 1 aliphatic rings. The standard InChI is InChI=1S/C14H20BrNO4S/c1-10-6-12(8-17)7-13(14(10)15)21(18,19)16-4-5-20-9-11-2-3-11/h6-7,11,16-17H,2-5,8-9H2,1H3. The Morgan fingerprint density at radius 1 is 1.43 bits per heavy atom. The van der Waals surface area contributed by atoms with E-state index in [-0.39, 0.29) is 18.0 Å². The molecule has 0 heterocycles. The van der Waals surface area contributed by atoms with Crippen LogP contribution in [0.15, 0.2) is 21.5 Å². The van der Waals surface area contributed by atoms with Crippen LogP contribution in [0, 0.1) is 12.8 Å². The summed E-state index contributed by atoms with van der Waals surface area (Å²) in [4.78, 5) is 0.147. The van der Waals surface area contributed by atoms with Crippen LogP contribution in [0.4, 0.5) is 0 Å². The van der Waals surface area contributed by atoms with Crippen LogP contribution in [0.1, 0.15) is 24.0 Å². The first-order valence-electron chi connectivity index (χ1n) is 6.91. The second-order valence-electron chi connectivity index (χ2n) is 5.30. The summed E-state index contributed by atoms with van der Waals surface area (Å²) < 4.78 is 33.1. The van der Waals surface area contributed by atoms with E-state index < -0.39 is 10.0 Å². The van der Waals surface area contributed by atoms with Crippen LogP contribution in [0.5, 0.6) is 0 Å². The Kier molecular flexibility index (Phi) is 5.79. The summed E-state index contributed by atoms with van der Waals surface area (Å²) in [6, 6.07) is 3.23. The first-order chi connectivity index (χ1) is 9.94. The number of aliphatic hydroxyl groups excluding tert-OH is 1. The highest BCUT2D eigenvalue weighted by molar-refractivity contribution is 9.10. The largest absolute Gasteiger partial charge is 0.392 e. The van der Waals surface area contributed by atoms with Crippen LogP contribution >= 0.6 is 15.9 Å². The van der Waals surface area contributed by atoms with Gasteiger partial charge in [0, 0.05) is 17.6 Å². The molecule has 5 nitrogen and oxygen atoms in total. The summed E-state index contributed by atoms with van der Waals surface area (Å²) in [6.45, 7) is 2.92. The van der Waals surface area contributed by atoms with Gasteiger partial charge in [-0.15, -0.1) is 0 Å². The summed E-state index contributed by atoms with van der Waals surface area (Å²) in [6.07, 6.45) is 2.43. The van der Waals surface area contributed by atoms with Crippen LogP contribution in [0.2, 0.25) is 0 Å². The smallest absolute Gasteiger partial charge is 0.241 e. The van der Waals surface area contributed by atoms with E-state index in [9.17, 15) is 13.5 Å². The quantitative estimate of drug-likeness (QED) is 0.678. The normalized spacial score (nSPS) is 15.4. The van der Waals surface area contributed by atoms with Gasteiger partial charge in [-0.3, -0.25) is 0 Å². The Balaban J connectivity index is 1.98. The van der Waals surface area contributed by atoms with Crippen molar-refractivity contribution in [2.24, 2.45) is 5.92 Å². The predicted molar refractivity (Wildman–Crippen MR) is 83.5 cm³/mol. The van der Waals surface area contributed by atoms with Gasteiger partial charge in [-0.2, -0.15) is 0 Å². The fourth-order valence-corrected chi connectivity index (χ4v) is 4.04. The van der Waals surface area contributed by atoms with Gasteiger partial charge in [-0.25, -0.2) is 13.1 Å². The third-order valence-electron chi connectivity index (χ3n) is 3.34. The molecule has 118 valence electrons. The Bertz CT molecular complexity index is 599. The number of nitrogens with one attached hydrogen (secondary N) is 1. The molecule has 7 heteroatoms. The molecule has 0 atom stereocenters. The molecule has 2 rings (SSSR count). The summed E-state index contributed by atoms with van der Waals surface area (Å²) in [5.74, 6) is 0.666. The van der Waals surface area contributed by atoms with Gasteiger partial charge in [0.25, 0.3) is 0 Å². The first-order valence-corrected chi connectivity index (χ1v) is 9.19. The predicted octanol–water partition coefficient (Wildman–Crippen LogP) is 1.95. The van der Waals surface area contributed by atoms with Crippen LogP contribution in [-0.4, -0.2) is 33.3 Å². The number of rotatable bonds is 8. The average Bonchev–Trinajstić information content (AvgIpc) is 3.25. The number of benzene rings is 1. The minimum Gasteiger partial charge on any atom is -0.392 e. The highest BCUT2D eigenvalue weighted by Gasteiger charge is 2.22. The SMILES string of the molecule is Cc1cc(CO)cc(S(=O)(=O)NCCOCC2CC2)c1Br. The molecule has 0 spiro atoms. The van der Waals surface area contributed by atoms with Gasteiger partial charge in [0.2, 0.25) is 10.0 Å². The fraction of sp³-hybridized carbons (Fsp3) is 0.571. The van der Waals surface area contributed by atoms with Crippen molar-refractivity contribution in [2.45, 2.75) is 31.3 Å². The number of aryl methyl sites for hydroxylation is 1. The van der Waals surface area contributed by atoms with E-state index in [1.54, 1.807) is 13.0 Å². The van der Waals surface area contributed by atoms with Crippen LogP contribution < -0.4 is 4.72 Å². The van der Waals surface area contributed by atoms with Gasteiger partial charge in [0.1, 0.15) is 0 Å². The second kappa shape index (κ2) is 7.19. The zero-order valence-corrected chi connectivity index (χ0v) is 14.3. The Labute approximate surface area is 133 Å². The van der Waals surface area contributed by atoms with Crippen molar-refractivity contribution in [3.05, 3.63) is 27.7 Å². The lowest BCUT2D eigenvalue weighted by atomic mass is 10.1. The molecule has 2 N–H and O–H groups in total. The summed E-state index contributed by atoms with van der Waals surface area (Å²) in [5.41, 5.74) is 1.34. The molecule has 0 saturated heterocycles. The van der Waals surface area contributed by atoms with Crippen LogP contribution in [-0.2, 0) is 21.4 Å². The highest BCUT2D eigenvalue weighted by Crippen LogP contribution is 2.29. The van der Waals surface area contributed by atoms with Gasteiger partial charge in [0.15, 0.2) is 0 Å². The average molecular weight is 378 g/mol. The lowest BCUT2D eigenvalue weighted by molar-refractivity contribution is 0.129. The van der Waals surface area contributed by atoms with E-state index in [2.05, 4.69) is 20.7 Å².